The molecule has 6 nitrogen and oxygen atoms in total. The van der Waals surface area contributed by atoms with E-state index in [2.05, 4.69) is 10.6 Å². The molecule has 30 heavy (non-hydrogen) atoms. The summed E-state index contributed by atoms with van der Waals surface area (Å²) in [5.74, 6) is 1.37. The molecule has 0 aromatic heterocycles. The van der Waals surface area contributed by atoms with Crippen molar-refractivity contribution in [2.24, 2.45) is 23.2 Å². The Morgan fingerprint density at radius 3 is 2.20 bits per heavy atom. The van der Waals surface area contributed by atoms with Crippen LogP contribution >= 0.6 is 0 Å². The predicted octanol–water partition coefficient (Wildman–Crippen LogP) is 3.13. The lowest BCUT2D eigenvalue weighted by Crippen LogP contribution is -2.48. The van der Waals surface area contributed by atoms with Gasteiger partial charge in [-0.15, -0.1) is 0 Å². The average molecular weight is 413 g/mol. The standard InChI is InChI=1S/C24H32N2O4/c1-16(20-5-3-2-4-6-20)26-22(28)15-30-23(29)14-25-21(27)13-24-10-17-7-18(11-24)9-19(8-17)12-24/h2-6,16-19H,7-15H2,1H3,(H,25,27)(H,26,28)/t16-,17?,18?,19?,24?/m0/s1. The van der Waals surface area contributed by atoms with Gasteiger partial charge in [0.15, 0.2) is 6.61 Å². The molecule has 2 amide bonds. The summed E-state index contributed by atoms with van der Waals surface area (Å²) in [6.07, 6.45) is 8.04. The van der Waals surface area contributed by atoms with Crippen LogP contribution in [-0.2, 0) is 19.1 Å². The van der Waals surface area contributed by atoms with Gasteiger partial charge in [-0.1, -0.05) is 30.3 Å². The largest absolute Gasteiger partial charge is 0.454 e. The van der Waals surface area contributed by atoms with E-state index in [9.17, 15) is 14.4 Å². The van der Waals surface area contributed by atoms with Crippen LogP contribution in [0.1, 0.15) is 63.5 Å². The summed E-state index contributed by atoms with van der Waals surface area (Å²) in [6.45, 7) is 1.34. The third-order valence-corrected chi connectivity index (χ3v) is 7.17. The van der Waals surface area contributed by atoms with Gasteiger partial charge in [0.05, 0.1) is 6.04 Å². The second kappa shape index (κ2) is 8.78. The van der Waals surface area contributed by atoms with E-state index in [0.717, 1.165) is 42.6 Å². The molecule has 162 valence electrons. The van der Waals surface area contributed by atoms with Crippen LogP contribution in [0.5, 0.6) is 0 Å². The summed E-state index contributed by atoms with van der Waals surface area (Å²) >= 11 is 0. The zero-order chi connectivity index (χ0) is 21.1. The molecule has 1 aromatic rings. The lowest BCUT2D eigenvalue weighted by atomic mass is 9.49. The molecule has 0 spiro atoms. The highest BCUT2D eigenvalue weighted by Gasteiger charge is 2.51. The zero-order valence-corrected chi connectivity index (χ0v) is 17.7. The molecule has 6 heteroatoms. The van der Waals surface area contributed by atoms with Gasteiger partial charge in [0.25, 0.3) is 5.91 Å². The molecule has 1 aromatic carbocycles. The van der Waals surface area contributed by atoms with E-state index in [4.69, 9.17) is 4.74 Å². The Morgan fingerprint density at radius 2 is 1.60 bits per heavy atom. The van der Waals surface area contributed by atoms with Gasteiger partial charge >= 0.3 is 5.97 Å². The Morgan fingerprint density at radius 1 is 1.00 bits per heavy atom. The maximum atomic E-state index is 12.5. The molecule has 1 atom stereocenters. The summed E-state index contributed by atoms with van der Waals surface area (Å²) in [5.41, 5.74) is 1.13. The number of hydrogen-bond donors (Lipinski definition) is 2. The quantitative estimate of drug-likeness (QED) is 0.643. The first kappa shape index (κ1) is 20.9. The maximum Gasteiger partial charge on any atom is 0.325 e. The smallest absolute Gasteiger partial charge is 0.325 e. The summed E-state index contributed by atoms with van der Waals surface area (Å²) in [7, 11) is 0. The van der Waals surface area contributed by atoms with Gasteiger partial charge in [0.2, 0.25) is 5.91 Å². The molecule has 4 bridgehead atoms. The molecule has 0 heterocycles. The molecule has 4 fully saturated rings. The topological polar surface area (TPSA) is 84.5 Å². The minimum Gasteiger partial charge on any atom is -0.454 e. The van der Waals surface area contributed by atoms with E-state index >= 15 is 0 Å². The van der Waals surface area contributed by atoms with Crippen molar-refractivity contribution in [3.8, 4) is 0 Å². The first-order chi connectivity index (χ1) is 14.4. The van der Waals surface area contributed by atoms with E-state index in [-0.39, 0.29) is 36.4 Å². The lowest BCUT2D eigenvalue weighted by molar-refractivity contribution is -0.149. The number of carbonyl (C=O) groups is 3. The summed E-state index contributed by atoms with van der Waals surface area (Å²) in [5, 5.41) is 5.50. The van der Waals surface area contributed by atoms with Crippen LogP contribution in [0.3, 0.4) is 0 Å². The lowest BCUT2D eigenvalue weighted by Gasteiger charge is -2.56. The fourth-order valence-corrected chi connectivity index (χ4v) is 6.39. The summed E-state index contributed by atoms with van der Waals surface area (Å²) < 4.78 is 5.02. The number of carbonyl (C=O) groups excluding carboxylic acids is 3. The first-order valence-corrected chi connectivity index (χ1v) is 11.2. The molecule has 4 saturated carbocycles. The van der Waals surface area contributed by atoms with Gasteiger partial charge in [0.1, 0.15) is 6.54 Å². The van der Waals surface area contributed by atoms with Gasteiger partial charge in [-0.25, -0.2) is 0 Å². The summed E-state index contributed by atoms with van der Waals surface area (Å²) in [4.78, 5) is 36.4. The highest BCUT2D eigenvalue weighted by Crippen LogP contribution is 2.61. The fraction of sp³-hybridized carbons (Fsp3) is 0.625. The van der Waals surface area contributed by atoms with Crippen LogP contribution < -0.4 is 10.6 Å². The SMILES string of the molecule is C[C@H](NC(=O)COC(=O)CNC(=O)CC12CC3CC(CC(C3)C1)C2)c1ccccc1. The number of benzene rings is 1. The van der Waals surface area contributed by atoms with E-state index in [1.807, 2.05) is 37.3 Å². The maximum absolute atomic E-state index is 12.5. The van der Waals surface area contributed by atoms with Gasteiger partial charge < -0.3 is 15.4 Å². The Bertz CT molecular complexity index is 756. The van der Waals surface area contributed by atoms with E-state index in [1.54, 1.807) is 0 Å². The average Bonchev–Trinajstić information content (AvgIpc) is 2.70. The number of hydrogen-bond acceptors (Lipinski definition) is 4. The second-order valence-corrected chi connectivity index (χ2v) is 9.73. The van der Waals surface area contributed by atoms with Crippen LogP contribution in [0.2, 0.25) is 0 Å². The van der Waals surface area contributed by atoms with Crippen LogP contribution in [0, 0.1) is 23.2 Å². The van der Waals surface area contributed by atoms with Crippen LogP contribution in [0.4, 0.5) is 0 Å². The van der Waals surface area contributed by atoms with E-state index < -0.39 is 5.97 Å². The molecule has 0 saturated heterocycles. The fourth-order valence-electron chi connectivity index (χ4n) is 6.39. The van der Waals surface area contributed by atoms with Crippen LogP contribution in [-0.4, -0.2) is 30.9 Å². The van der Waals surface area contributed by atoms with Crippen molar-refractivity contribution in [2.45, 2.75) is 57.9 Å². The van der Waals surface area contributed by atoms with Crippen molar-refractivity contribution >= 4 is 17.8 Å². The highest BCUT2D eigenvalue weighted by atomic mass is 16.5. The van der Waals surface area contributed by atoms with Crippen molar-refractivity contribution in [3.63, 3.8) is 0 Å². The van der Waals surface area contributed by atoms with Crippen LogP contribution in [0.25, 0.3) is 0 Å². The van der Waals surface area contributed by atoms with Gasteiger partial charge in [0, 0.05) is 6.42 Å². The summed E-state index contributed by atoms with van der Waals surface area (Å²) in [6, 6.07) is 9.41. The molecule has 4 aliphatic rings. The normalized spacial score (nSPS) is 29.8. The van der Waals surface area contributed by atoms with Gasteiger partial charge in [-0.2, -0.15) is 0 Å². The molecule has 0 aliphatic heterocycles. The van der Waals surface area contributed by atoms with Crippen molar-refractivity contribution in [3.05, 3.63) is 35.9 Å². The number of rotatable bonds is 8. The molecular weight excluding hydrogens is 380 g/mol. The molecular formula is C24H32N2O4. The molecule has 0 unspecified atom stereocenters. The van der Waals surface area contributed by atoms with Crippen molar-refractivity contribution < 1.29 is 19.1 Å². The Balaban J connectivity index is 1.15. The van der Waals surface area contributed by atoms with E-state index in [1.165, 1.54) is 19.3 Å². The van der Waals surface area contributed by atoms with Crippen LogP contribution in [0.15, 0.2) is 30.3 Å². The Labute approximate surface area is 178 Å². The van der Waals surface area contributed by atoms with Crippen molar-refractivity contribution in [1.82, 2.24) is 10.6 Å². The Hall–Kier alpha value is -2.37. The number of esters is 1. The number of ether oxygens (including phenoxy) is 1. The van der Waals surface area contributed by atoms with Gasteiger partial charge in [-0.05, 0) is 74.2 Å². The molecule has 5 rings (SSSR count). The molecule has 4 aliphatic carbocycles. The van der Waals surface area contributed by atoms with Crippen molar-refractivity contribution in [1.29, 1.82) is 0 Å². The monoisotopic (exact) mass is 412 g/mol. The zero-order valence-electron chi connectivity index (χ0n) is 17.7. The Kier molecular flexibility index (Phi) is 6.11. The van der Waals surface area contributed by atoms with Crippen molar-refractivity contribution in [2.75, 3.05) is 13.2 Å². The van der Waals surface area contributed by atoms with Gasteiger partial charge in [-0.3, -0.25) is 14.4 Å². The molecule has 2 N–H and O–H groups in total. The highest BCUT2D eigenvalue weighted by molar-refractivity contribution is 5.84. The first-order valence-electron chi connectivity index (χ1n) is 11.2. The van der Waals surface area contributed by atoms with E-state index in [0.29, 0.717) is 6.42 Å². The third-order valence-electron chi connectivity index (χ3n) is 7.17. The minimum atomic E-state index is -0.587. The number of nitrogens with one attached hydrogen (secondary N) is 2. The second-order valence-electron chi connectivity index (χ2n) is 9.73. The third kappa shape index (κ3) is 5.02. The number of amides is 2. The molecule has 0 radical (unpaired) electrons. The predicted molar refractivity (Wildman–Crippen MR) is 112 cm³/mol. The minimum absolute atomic E-state index is 0.0731.